The fourth-order valence-electron chi connectivity index (χ4n) is 2.45. The predicted molar refractivity (Wildman–Crippen MR) is 103 cm³/mol. The molecular formula is C18H12ClN3OS2. The van der Waals surface area contributed by atoms with E-state index < -0.39 is 0 Å². The Hall–Kier alpha value is -2.15. The van der Waals surface area contributed by atoms with Gasteiger partial charge in [0.1, 0.15) is 0 Å². The number of aromatic nitrogens is 3. The number of hydrogen-bond donors (Lipinski definition) is 0. The van der Waals surface area contributed by atoms with Crippen molar-refractivity contribution in [3.05, 3.63) is 70.6 Å². The van der Waals surface area contributed by atoms with Gasteiger partial charge in [-0.05, 0) is 17.7 Å². The molecular weight excluding hydrogens is 374 g/mol. The molecule has 0 radical (unpaired) electrons. The smallest absolute Gasteiger partial charge is 0.217 e. The van der Waals surface area contributed by atoms with Gasteiger partial charge in [0.25, 0.3) is 0 Å². The van der Waals surface area contributed by atoms with Gasteiger partial charge in [-0.25, -0.2) is 0 Å². The zero-order valence-corrected chi connectivity index (χ0v) is 15.3. The molecule has 7 heteroatoms. The minimum Gasteiger partial charge on any atom is -0.293 e. The van der Waals surface area contributed by atoms with E-state index in [4.69, 9.17) is 11.6 Å². The fraction of sp³-hybridized carbons (Fsp3) is 0.0556. The molecule has 0 saturated carbocycles. The van der Waals surface area contributed by atoms with E-state index in [0.29, 0.717) is 21.5 Å². The third-order valence-electron chi connectivity index (χ3n) is 3.69. The largest absolute Gasteiger partial charge is 0.293 e. The average molecular weight is 386 g/mol. The maximum atomic E-state index is 12.3. The molecule has 4 aromatic rings. The molecule has 0 unspecified atom stereocenters. The lowest BCUT2D eigenvalue weighted by Crippen LogP contribution is -2.02. The zero-order chi connectivity index (χ0) is 17.2. The number of Topliss-reactive ketones (excluding diaryl/α,β-unsaturated/α-hetero) is 1. The Kier molecular flexibility index (Phi) is 4.57. The molecule has 0 saturated heterocycles. The number of benzene rings is 2. The molecule has 4 nitrogen and oxygen atoms in total. The fourth-order valence-corrected chi connectivity index (χ4v) is 4.31. The number of fused-ring (bicyclic) bond motifs is 1. The first kappa shape index (κ1) is 16.3. The van der Waals surface area contributed by atoms with Crippen molar-refractivity contribution in [3.8, 4) is 11.3 Å². The quantitative estimate of drug-likeness (QED) is 0.355. The van der Waals surface area contributed by atoms with Gasteiger partial charge in [-0.15, -0.1) is 21.5 Å². The number of thiazole rings is 1. The summed E-state index contributed by atoms with van der Waals surface area (Å²) >= 11 is 8.89. The summed E-state index contributed by atoms with van der Waals surface area (Å²) in [5.74, 6) is 0.395. The third-order valence-corrected chi connectivity index (χ3v) is 5.69. The van der Waals surface area contributed by atoms with Gasteiger partial charge in [0.05, 0.1) is 11.4 Å². The second-order valence-electron chi connectivity index (χ2n) is 5.31. The van der Waals surface area contributed by atoms with Crippen molar-refractivity contribution in [3.63, 3.8) is 0 Å². The molecule has 2 heterocycles. The summed E-state index contributed by atoms with van der Waals surface area (Å²) in [5, 5.41) is 11.9. The SMILES string of the molecule is O=C(CSc1nnc2scc(-c3ccc(Cl)cc3)n12)c1ccccc1. The minimum atomic E-state index is 0.0747. The molecule has 0 spiro atoms. The summed E-state index contributed by atoms with van der Waals surface area (Å²) in [6.07, 6.45) is 0. The lowest BCUT2D eigenvalue weighted by atomic mass is 10.2. The van der Waals surface area contributed by atoms with Crippen LogP contribution in [0.5, 0.6) is 0 Å². The Bertz CT molecular complexity index is 1030. The maximum Gasteiger partial charge on any atom is 0.217 e. The van der Waals surface area contributed by atoms with Crippen LogP contribution in [-0.2, 0) is 0 Å². The Morgan fingerprint density at radius 1 is 1.08 bits per heavy atom. The van der Waals surface area contributed by atoms with Crippen LogP contribution in [0.1, 0.15) is 10.4 Å². The lowest BCUT2D eigenvalue weighted by molar-refractivity contribution is 0.102. The Labute approximate surface area is 157 Å². The second kappa shape index (κ2) is 7.00. The number of halogens is 1. The third kappa shape index (κ3) is 3.33. The molecule has 0 amide bonds. The highest BCUT2D eigenvalue weighted by atomic mass is 35.5. The number of carbonyl (C=O) groups excluding carboxylic acids is 1. The number of hydrogen-bond acceptors (Lipinski definition) is 5. The van der Waals surface area contributed by atoms with Gasteiger partial charge in [0.15, 0.2) is 10.9 Å². The molecule has 2 aromatic heterocycles. The predicted octanol–water partition coefficient (Wildman–Crippen LogP) is 5.09. The second-order valence-corrected chi connectivity index (χ2v) is 7.52. The first-order valence-electron chi connectivity index (χ1n) is 7.52. The van der Waals surface area contributed by atoms with E-state index in [9.17, 15) is 4.79 Å². The molecule has 4 rings (SSSR count). The standard InChI is InChI=1S/C18H12ClN3OS2/c19-14-8-6-12(7-9-14)15-10-24-17-20-21-18(22(15)17)25-11-16(23)13-4-2-1-3-5-13/h1-10H,11H2. The number of rotatable bonds is 5. The molecule has 0 fully saturated rings. The van der Waals surface area contributed by atoms with Gasteiger partial charge < -0.3 is 0 Å². The highest BCUT2D eigenvalue weighted by Gasteiger charge is 2.15. The van der Waals surface area contributed by atoms with E-state index >= 15 is 0 Å². The van der Waals surface area contributed by atoms with Crippen molar-refractivity contribution in [2.75, 3.05) is 5.75 Å². The van der Waals surface area contributed by atoms with Gasteiger partial charge in [0, 0.05) is 16.0 Å². The summed E-state index contributed by atoms with van der Waals surface area (Å²) in [4.78, 5) is 13.1. The molecule has 0 atom stereocenters. The van der Waals surface area contributed by atoms with Crippen molar-refractivity contribution in [1.29, 1.82) is 0 Å². The Morgan fingerprint density at radius 2 is 1.84 bits per heavy atom. The van der Waals surface area contributed by atoms with E-state index in [-0.39, 0.29) is 5.78 Å². The summed E-state index contributed by atoms with van der Waals surface area (Å²) in [7, 11) is 0. The first-order chi connectivity index (χ1) is 12.2. The summed E-state index contributed by atoms with van der Waals surface area (Å²) < 4.78 is 1.98. The monoisotopic (exact) mass is 385 g/mol. The van der Waals surface area contributed by atoms with Crippen LogP contribution in [0.3, 0.4) is 0 Å². The van der Waals surface area contributed by atoms with E-state index in [1.807, 2.05) is 64.4 Å². The molecule has 0 N–H and O–H groups in total. The normalized spacial score (nSPS) is 11.1. The average Bonchev–Trinajstić information content (AvgIpc) is 3.24. The van der Waals surface area contributed by atoms with E-state index in [2.05, 4.69) is 10.2 Å². The summed E-state index contributed by atoms with van der Waals surface area (Å²) in [6, 6.07) is 16.9. The van der Waals surface area contributed by atoms with E-state index in [1.54, 1.807) is 0 Å². The zero-order valence-electron chi connectivity index (χ0n) is 12.9. The Morgan fingerprint density at radius 3 is 2.60 bits per heavy atom. The van der Waals surface area contributed by atoms with Crippen LogP contribution in [0.4, 0.5) is 0 Å². The number of nitrogens with zero attached hydrogens (tertiary/aromatic N) is 3. The van der Waals surface area contributed by atoms with Gasteiger partial charge in [-0.1, -0.05) is 65.8 Å². The van der Waals surface area contributed by atoms with Crippen molar-refractivity contribution in [1.82, 2.24) is 14.6 Å². The van der Waals surface area contributed by atoms with Gasteiger partial charge in [-0.2, -0.15) is 0 Å². The molecule has 0 aliphatic carbocycles. The van der Waals surface area contributed by atoms with Gasteiger partial charge in [-0.3, -0.25) is 9.20 Å². The molecule has 0 bridgehead atoms. The van der Waals surface area contributed by atoms with E-state index in [1.165, 1.54) is 23.1 Å². The molecule has 124 valence electrons. The number of ketones is 1. The van der Waals surface area contributed by atoms with Crippen molar-refractivity contribution < 1.29 is 4.79 Å². The number of carbonyl (C=O) groups is 1. The Balaban J connectivity index is 1.61. The highest BCUT2D eigenvalue weighted by molar-refractivity contribution is 7.99. The van der Waals surface area contributed by atoms with Crippen molar-refractivity contribution in [2.24, 2.45) is 0 Å². The van der Waals surface area contributed by atoms with Crippen LogP contribution >= 0.6 is 34.7 Å². The van der Waals surface area contributed by atoms with Crippen LogP contribution in [-0.4, -0.2) is 26.1 Å². The van der Waals surface area contributed by atoms with Crippen LogP contribution in [0.25, 0.3) is 16.2 Å². The van der Waals surface area contributed by atoms with Crippen molar-refractivity contribution in [2.45, 2.75) is 5.16 Å². The van der Waals surface area contributed by atoms with Crippen LogP contribution in [0.15, 0.2) is 65.1 Å². The van der Waals surface area contributed by atoms with Gasteiger partial charge in [0.2, 0.25) is 4.96 Å². The molecule has 25 heavy (non-hydrogen) atoms. The maximum absolute atomic E-state index is 12.3. The molecule has 2 aromatic carbocycles. The molecule has 0 aliphatic heterocycles. The highest BCUT2D eigenvalue weighted by Crippen LogP contribution is 2.30. The van der Waals surface area contributed by atoms with Crippen LogP contribution < -0.4 is 0 Å². The van der Waals surface area contributed by atoms with Gasteiger partial charge >= 0.3 is 0 Å². The van der Waals surface area contributed by atoms with Crippen LogP contribution in [0, 0.1) is 0 Å². The van der Waals surface area contributed by atoms with Crippen molar-refractivity contribution >= 4 is 45.4 Å². The minimum absolute atomic E-state index is 0.0747. The molecule has 0 aliphatic rings. The topological polar surface area (TPSA) is 47.3 Å². The first-order valence-corrected chi connectivity index (χ1v) is 9.76. The summed E-state index contributed by atoms with van der Waals surface area (Å²) in [6.45, 7) is 0. The van der Waals surface area contributed by atoms with E-state index in [0.717, 1.165) is 16.2 Å². The number of thioether (sulfide) groups is 1. The van der Waals surface area contributed by atoms with Crippen LogP contribution in [0.2, 0.25) is 5.02 Å². The lowest BCUT2D eigenvalue weighted by Gasteiger charge is -2.03. The summed E-state index contributed by atoms with van der Waals surface area (Å²) in [5.41, 5.74) is 2.74.